The molecule has 0 fully saturated rings. The van der Waals surface area contributed by atoms with Gasteiger partial charge in [0.1, 0.15) is 0 Å². The molecule has 2 aromatic carbocycles. The molecule has 0 bridgehead atoms. The van der Waals surface area contributed by atoms with Gasteiger partial charge in [0.05, 0.1) is 15.2 Å². The molecule has 112 valence electrons. The van der Waals surface area contributed by atoms with Crippen LogP contribution in [0.3, 0.4) is 0 Å². The number of anilines is 1. The fourth-order valence-electron chi connectivity index (χ4n) is 2.25. The SMILES string of the molecule is Cc1nc2ccc(NC(=O)CCc3ccc(Cl)cc3)cc2s1. The van der Waals surface area contributed by atoms with Crippen molar-refractivity contribution >= 4 is 44.7 Å². The summed E-state index contributed by atoms with van der Waals surface area (Å²) in [7, 11) is 0. The average Bonchev–Trinajstić information content (AvgIpc) is 2.86. The number of amides is 1. The molecule has 5 heteroatoms. The number of rotatable bonds is 4. The molecule has 1 N–H and O–H groups in total. The average molecular weight is 331 g/mol. The van der Waals surface area contributed by atoms with Gasteiger partial charge in [-0.1, -0.05) is 23.7 Å². The Morgan fingerprint density at radius 3 is 2.77 bits per heavy atom. The number of halogens is 1. The van der Waals surface area contributed by atoms with Crippen molar-refractivity contribution in [3.8, 4) is 0 Å². The molecule has 0 aliphatic heterocycles. The van der Waals surface area contributed by atoms with Crippen molar-refractivity contribution in [3.05, 3.63) is 58.1 Å². The van der Waals surface area contributed by atoms with Crippen molar-refractivity contribution in [1.82, 2.24) is 4.98 Å². The van der Waals surface area contributed by atoms with Crippen molar-refractivity contribution in [2.45, 2.75) is 19.8 Å². The molecule has 0 aliphatic carbocycles. The maximum Gasteiger partial charge on any atom is 0.224 e. The van der Waals surface area contributed by atoms with Crippen LogP contribution >= 0.6 is 22.9 Å². The Morgan fingerprint density at radius 2 is 2.00 bits per heavy atom. The molecule has 0 saturated carbocycles. The molecule has 0 saturated heterocycles. The fourth-order valence-corrected chi connectivity index (χ4v) is 3.24. The lowest BCUT2D eigenvalue weighted by atomic mass is 10.1. The Bertz CT molecular complexity index is 811. The molecule has 22 heavy (non-hydrogen) atoms. The minimum Gasteiger partial charge on any atom is -0.326 e. The van der Waals surface area contributed by atoms with Gasteiger partial charge < -0.3 is 5.32 Å². The van der Waals surface area contributed by atoms with Crippen molar-refractivity contribution in [3.63, 3.8) is 0 Å². The van der Waals surface area contributed by atoms with Crippen LogP contribution in [0.5, 0.6) is 0 Å². The first kappa shape index (κ1) is 15.0. The molecule has 0 spiro atoms. The van der Waals surface area contributed by atoms with E-state index >= 15 is 0 Å². The van der Waals surface area contributed by atoms with Crippen LogP contribution in [-0.2, 0) is 11.2 Å². The van der Waals surface area contributed by atoms with E-state index in [2.05, 4.69) is 10.3 Å². The third-order valence-electron chi connectivity index (χ3n) is 3.33. The molecule has 1 aromatic heterocycles. The number of aryl methyl sites for hydroxylation is 2. The third kappa shape index (κ3) is 3.64. The highest BCUT2D eigenvalue weighted by Crippen LogP contribution is 2.24. The number of benzene rings is 2. The van der Waals surface area contributed by atoms with E-state index in [-0.39, 0.29) is 5.91 Å². The van der Waals surface area contributed by atoms with Gasteiger partial charge in [0.25, 0.3) is 0 Å². The molecule has 0 unspecified atom stereocenters. The predicted molar refractivity (Wildman–Crippen MR) is 92.8 cm³/mol. The maximum atomic E-state index is 12.0. The largest absolute Gasteiger partial charge is 0.326 e. The van der Waals surface area contributed by atoms with Crippen molar-refractivity contribution < 1.29 is 4.79 Å². The van der Waals surface area contributed by atoms with Crippen LogP contribution in [0.4, 0.5) is 5.69 Å². The van der Waals surface area contributed by atoms with Gasteiger partial charge in [0.2, 0.25) is 5.91 Å². The smallest absolute Gasteiger partial charge is 0.224 e. The predicted octanol–water partition coefficient (Wildman–Crippen LogP) is 4.83. The van der Waals surface area contributed by atoms with Gasteiger partial charge in [-0.3, -0.25) is 4.79 Å². The van der Waals surface area contributed by atoms with E-state index in [0.717, 1.165) is 26.5 Å². The van der Waals surface area contributed by atoms with Gasteiger partial charge in [-0.2, -0.15) is 0 Å². The van der Waals surface area contributed by atoms with Crippen LogP contribution in [0.1, 0.15) is 17.0 Å². The number of aromatic nitrogens is 1. The van der Waals surface area contributed by atoms with Crippen molar-refractivity contribution in [2.24, 2.45) is 0 Å². The van der Waals surface area contributed by atoms with Crippen molar-refractivity contribution in [2.75, 3.05) is 5.32 Å². The van der Waals surface area contributed by atoms with E-state index in [4.69, 9.17) is 11.6 Å². The van der Waals surface area contributed by atoms with Crippen LogP contribution in [0.25, 0.3) is 10.2 Å². The zero-order valence-electron chi connectivity index (χ0n) is 12.1. The molecule has 3 nitrogen and oxygen atoms in total. The molecular formula is C17H15ClN2OS. The van der Waals surface area contributed by atoms with Crippen LogP contribution in [-0.4, -0.2) is 10.9 Å². The quantitative estimate of drug-likeness (QED) is 0.744. The summed E-state index contributed by atoms with van der Waals surface area (Å²) < 4.78 is 1.09. The number of carbonyl (C=O) groups excluding carboxylic acids is 1. The standard InChI is InChI=1S/C17H15ClN2OS/c1-11-19-15-8-7-14(10-16(15)22-11)20-17(21)9-4-12-2-5-13(18)6-3-12/h2-3,5-8,10H,4,9H2,1H3,(H,20,21). The number of carbonyl (C=O) groups is 1. The zero-order chi connectivity index (χ0) is 15.5. The minimum absolute atomic E-state index is 0.00976. The van der Waals surface area contributed by atoms with Gasteiger partial charge >= 0.3 is 0 Å². The lowest BCUT2D eigenvalue weighted by Gasteiger charge is -2.05. The second-order valence-corrected chi connectivity index (χ2v) is 6.76. The molecule has 3 aromatic rings. The van der Waals surface area contributed by atoms with E-state index in [1.807, 2.05) is 49.4 Å². The maximum absolute atomic E-state index is 12.0. The molecule has 0 aliphatic rings. The number of hydrogen-bond acceptors (Lipinski definition) is 3. The van der Waals surface area contributed by atoms with Gasteiger partial charge in [-0.15, -0.1) is 11.3 Å². The monoisotopic (exact) mass is 330 g/mol. The Labute approximate surface area is 138 Å². The number of nitrogens with one attached hydrogen (secondary N) is 1. The van der Waals surface area contributed by atoms with Crippen LogP contribution in [0.2, 0.25) is 5.02 Å². The van der Waals surface area contributed by atoms with E-state index in [0.29, 0.717) is 17.9 Å². The molecule has 0 atom stereocenters. The number of thiazole rings is 1. The lowest BCUT2D eigenvalue weighted by Crippen LogP contribution is -2.12. The first-order chi connectivity index (χ1) is 10.6. The zero-order valence-corrected chi connectivity index (χ0v) is 13.7. The molecular weight excluding hydrogens is 316 g/mol. The minimum atomic E-state index is 0.00976. The normalized spacial score (nSPS) is 10.8. The summed E-state index contributed by atoms with van der Waals surface area (Å²) in [6.07, 6.45) is 1.15. The second kappa shape index (κ2) is 6.46. The summed E-state index contributed by atoms with van der Waals surface area (Å²) in [5, 5.41) is 4.68. The fraction of sp³-hybridized carbons (Fsp3) is 0.176. The van der Waals surface area contributed by atoms with Gasteiger partial charge in [0.15, 0.2) is 0 Å². The highest BCUT2D eigenvalue weighted by molar-refractivity contribution is 7.18. The number of hydrogen-bond donors (Lipinski definition) is 1. The summed E-state index contributed by atoms with van der Waals surface area (Å²) in [6.45, 7) is 1.98. The summed E-state index contributed by atoms with van der Waals surface area (Å²) in [5.74, 6) is 0.00976. The number of fused-ring (bicyclic) bond motifs is 1. The highest BCUT2D eigenvalue weighted by Gasteiger charge is 2.06. The van der Waals surface area contributed by atoms with Gasteiger partial charge in [0, 0.05) is 17.1 Å². The van der Waals surface area contributed by atoms with Crippen molar-refractivity contribution in [1.29, 1.82) is 0 Å². The molecule has 1 amide bonds. The Hall–Kier alpha value is -1.91. The Balaban J connectivity index is 1.61. The topological polar surface area (TPSA) is 42.0 Å². The van der Waals surface area contributed by atoms with Crippen LogP contribution in [0, 0.1) is 6.92 Å². The van der Waals surface area contributed by atoms with Crippen LogP contribution in [0.15, 0.2) is 42.5 Å². The summed E-state index contributed by atoms with van der Waals surface area (Å²) in [6, 6.07) is 13.4. The third-order valence-corrected chi connectivity index (χ3v) is 4.52. The van der Waals surface area contributed by atoms with Gasteiger partial charge in [-0.05, 0) is 49.2 Å². The summed E-state index contributed by atoms with van der Waals surface area (Å²) in [4.78, 5) is 16.5. The van der Waals surface area contributed by atoms with E-state index in [9.17, 15) is 4.79 Å². The molecule has 0 radical (unpaired) electrons. The first-order valence-electron chi connectivity index (χ1n) is 7.02. The van der Waals surface area contributed by atoms with E-state index < -0.39 is 0 Å². The Kier molecular flexibility index (Phi) is 4.41. The number of nitrogens with zero attached hydrogens (tertiary/aromatic N) is 1. The van der Waals surface area contributed by atoms with Crippen LogP contribution < -0.4 is 5.32 Å². The molecule has 3 rings (SSSR count). The Morgan fingerprint density at radius 1 is 1.23 bits per heavy atom. The summed E-state index contributed by atoms with van der Waals surface area (Å²) in [5.41, 5.74) is 2.90. The van der Waals surface area contributed by atoms with E-state index in [1.54, 1.807) is 11.3 Å². The summed E-state index contributed by atoms with van der Waals surface area (Å²) >= 11 is 7.48. The first-order valence-corrected chi connectivity index (χ1v) is 8.21. The molecule has 1 heterocycles. The van der Waals surface area contributed by atoms with E-state index in [1.165, 1.54) is 0 Å². The second-order valence-electron chi connectivity index (χ2n) is 5.09. The highest BCUT2D eigenvalue weighted by atomic mass is 35.5. The lowest BCUT2D eigenvalue weighted by molar-refractivity contribution is -0.116. The van der Waals surface area contributed by atoms with Gasteiger partial charge in [-0.25, -0.2) is 4.98 Å².